The van der Waals surface area contributed by atoms with Crippen molar-refractivity contribution < 1.29 is 26.4 Å². The number of sulfone groups is 1. The zero-order chi connectivity index (χ0) is 26.6. The number of benzene rings is 2. The molecule has 0 bridgehead atoms. The van der Waals surface area contributed by atoms with Gasteiger partial charge >= 0.3 is 0 Å². The molecule has 4 rings (SSSR count). The molecule has 2 aromatic carbocycles. The summed E-state index contributed by atoms with van der Waals surface area (Å²) in [4.78, 5) is 19.8. The number of carbonyl (C=O) groups is 1. The third kappa shape index (κ3) is 7.14. The van der Waals surface area contributed by atoms with E-state index in [-0.39, 0.29) is 18.2 Å². The number of rotatable bonds is 10. The van der Waals surface area contributed by atoms with E-state index < -0.39 is 24.9 Å². The lowest BCUT2D eigenvalue weighted by Crippen LogP contribution is -2.50. The van der Waals surface area contributed by atoms with E-state index in [0.29, 0.717) is 38.5 Å². The molecule has 13 heteroatoms. The highest BCUT2D eigenvalue weighted by atomic mass is 32.3. The summed E-state index contributed by atoms with van der Waals surface area (Å²) in [6, 6.07) is 12.4. The number of carbonyl (C=O) groups excluding carboxylic acids is 1. The van der Waals surface area contributed by atoms with Gasteiger partial charge in [-0.15, -0.1) is 0 Å². The Morgan fingerprint density at radius 3 is 2.41 bits per heavy atom. The Labute approximate surface area is 216 Å². The van der Waals surface area contributed by atoms with Crippen LogP contribution in [-0.2, 0) is 31.1 Å². The molecule has 0 atom stereocenters. The van der Waals surface area contributed by atoms with Crippen molar-refractivity contribution in [2.75, 3.05) is 60.3 Å². The summed E-state index contributed by atoms with van der Waals surface area (Å²) in [6.07, 6.45) is 3.57. The maximum absolute atomic E-state index is 12.7. The van der Waals surface area contributed by atoms with Crippen LogP contribution in [0, 0.1) is 0 Å². The van der Waals surface area contributed by atoms with Gasteiger partial charge in [-0.05, 0) is 61.0 Å². The van der Waals surface area contributed by atoms with Crippen LogP contribution in [-0.4, -0.2) is 83.3 Å². The van der Waals surface area contributed by atoms with Gasteiger partial charge in [-0.25, -0.2) is 16.8 Å². The van der Waals surface area contributed by atoms with E-state index >= 15 is 0 Å². The predicted molar refractivity (Wildman–Crippen MR) is 144 cm³/mol. The van der Waals surface area contributed by atoms with Crippen LogP contribution >= 0.6 is 0 Å². The van der Waals surface area contributed by atoms with Crippen LogP contribution in [0.4, 0.5) is 11.4 Å². The molecule has 0 saturated carbocycles. The molecule has 1 fully saturated rings. The first-order valence-corrected chi connectivity index (χ1v) is 15.5. The fourth-order valence-corrected chi connectivity index (χ4v) is 7.28. The number of sulfonamides is 1. The zero-order valence-electron chi connectivity index (χ0n) is 20.5. The summed E-state index contributed by atoms with van der Waals surface area (Å²) < 4.78 is 54.6. The van der Waals surface area contributed by atoms with Gasteiger partial charge in [0.2, 0.25) is 10.0 Å². The van der Waals surface area contributed by atoms with E-state index in [2.05, 4.69) is 14.6 Å². The molecule has 1 aromatic heterocycles. The number of hydrogen-bond acceptors (Lipinski definition) is 8. The first kappa shape index (κ1) is 26.8. The SMILES string of the molecule is CS(=O)(=O)CS(=O)(=O)Nc1ccc(N2CCN(C(=O)COc3ccc4[nH]cc(CCN)c4c3)CC2)cc1. The Hall–Kier alpha value is -3.29. The summed E-state index contributed by atoms with van der Waals surface area (Å²) >= 11 is 0. The molecule has 1 saturated heterocycles. The summed E-state index contributed by atoms with van der Waals surface area (Å²) in [5.74, 6) is 0.538. The molecule has 0 spiro atoms. The van der Waals surface area contributed by atoms with Gasteiger partial charge < -0.3 is 25.3 Å². The van der Waals surface area contributed by atoms with Crippen LogP contribution in [0.1, 0.15) is 5.56 Å². The summed E-state index contributed by atoms with van der Waals surface area (Å²) in [5, 5.41) is 0.0653. The Morgan fingerprint density at radius 1 is 1.05 bits per heavy atom. The number of fused-ring (bicyclic) bond motifs is 1. The number of amides is 1. The maximum Gasteiger partial charge on any atom is 0.260 e. The molecule has 0 unspecified atom stereocenters. The third-order valence-electron chi connectivity index (χ3n) is 6.02. The van der Waals surface area contributed by atoms with Gasteiger partial charge in [0.25, 0.3) is 5.91 Å². The number of ether oxygens (including phenoxy) is 1. The van der Waals surface area contributed by atoms with E-state index in [1.165, 1.54) is 0 Å². The number of nitrogens with one attached hydrogen (secondary N) is 2. The lowest BCUT2D eigenvalue weighted by atomic mass is 10.1. The van der Waals surface area contributed by atoms with E-state index in [1.54, 1.807) is 29.2 Å². The van der Waals surface area contributed by atoms with E-state index in [9.17, 15) is 21.6 Å². The van der Waals surface area contributed by atoms with Gasteiger partial charge in [0, 0.05) is 60.9 Å². The molecule has 1 amide bonds. The number of piperazine rings is 1. The van der Waals surface area contributed by atoms with Gasteiger partial charge in [-0.2, -0.15) is 0 Å². The number of nitrogens with zero attached hydrogens (tertiary/aromatic N) is 2. The summed E-state index contributed by atoms with van der Waals surface area (Å²) in [5.41, 5.74) is 8.96. The quantitative estimate of drug-likeness (QED) is 0.340. The van der Waals surface area contributed by atoms with Crippen molar-refractivity contribution in [2.45, 2.75) is 6.42 Å². The fourth-order valence-electron chi connectivity index (χ4n) is 4.29. The topological polar surface area (TPSA) is 155 Å². The van der Waals surface area contributed by atoms with Crippen molar-refractivity contribution in [3.63, 3.8) is 0 Å². The smallest absolute Gasteiger partial charge is 0.260 e. The van der Waals surface area contributed by atoms with E-state index in [4.69, 9.17) is 10.5 Å². The van der Waals surface area contributed by atoms with Crippen LogP contribution < -0.4 is 20.1 Å². The molecule has 4 N–H and O–H groups in total. The minimum atomic E-state index is -4.00. The third-order valence-corrected chi connectivity index (χ3v) is 9.52. The van der Waals surface area contributed by atoms with Crippen molar-refractivity contribution in [1.29, 1.82) is 0 Å². The molecule has 1 aliphatic rings. The Kier molecular flexibility index (Phi) is 7.95. The number of nitrogens with two attached hydrogens (primary N) is 1. The van der Waals surface area contributed by atoms with Crippen molar-refractivity contribution >= 4 is 48.0 Å². The van der Waals surface area contributed by atoms with Crippen molar-refractivity contribution in [1.82, 2.24) is 9.88 Å². The second-order valence-corrected chi connectivity index (χ2v) is 13.3. The average Bonchev–Trinajstić information content (AvgIpc) is 3.23. The zero-order valence-corrected chi connectivity index (χ0v) is 22.1. The molecule has 0 radical (unpaired) electrons. The summed E-state index contributed by atoms with van der Waals surface area (Å²) in [7, 11) is -7.67. The number of aromatic amines is 1. The van der Waals surface area contributed by atoms with Crippen LogP contribution in [0.5, 0.6) is 5.75 Å². The molecule has 3 aromatic rings. The molecular formula is C24H31N5O6S2. The van der Waals surface area contributed by atoms with Gasteiger partial charge in [0.15, 0.2) is 21.5 Å². The predicted octanol–water partition coefficient (Wildman–Crippen LogP) is 1.14. The minimum absolute atomic E-state index is 0.0511. The van der Waals surface area contributed by atoms with Crippen molar-refractivity contribution in [3.05, 3.63) is 54.2 Å². The number of anilines is 2. The Balaban J connectivity index is 1.28. The fraction of sp³-hybridized carbons (Fsp3) is 0.375. The van der Waals surface area contributed by atoms with Gasteiger partial charge in [-0.3, -0.25) is 9.52 Å². The molecule has 0 aliphatic carbocycles. The van der Waals surface area contributed by atoms with E-state index in [1.807, 2.05) is 24.4 Å². The highest BCUT2D eigenvalue weighted by Crippen LogP contribution is 2.24. The van der Waals surface area contributed by atoms with Crippen LogP contribution in [0.3, 0.4) is 0 Å². The second kappa shape index (κ2) is 11.0. The average molecular weight is 550 g/mol. The monoisotopic (exact) mass is 549 g/mol. The highest BCUT2D eigenvalue weighted by molar-refractivity contribution is 8.08. The molecule has 11 nitrogen and oxygen atoms in total. The molecule has 37 heavy (non-hydrogen) atoms. The number of aromatic nitrogens is 1. The first-order chi connectivity index (χ1) is 17.5. The molecule has 1 aliphatic heterocycles. The Morgan fingerprint density at radius 2 is 1.76 bits per heavy atom. The van der Waals surface area contributed by atoms with Crippen LogP contribution in [0.2, 0.25) is 0 Å². The maximum atomic E-state index is 12.7. The first-order valence-electron chi connectivity index (χ1n) is 11.8. The summed E-state index contributed by atoms with van der Waals surface area (Å²) in [6.45, 7) is 2.79. The molecule has 2 heterocycles. The second-order valence-electron chi connectivity index (χ2n) is 9.02. The lowest BCUT2D eigenvalue weighted by Gasteiger charge is -2.36. The highest BCUT2D eigenvalue weighted by Gasteiger charge is 2.22. The minimum Gasteiger partial charge on any atom is -0.484 e. The van der Waals surface area contributed by atoms with Crippen LogP contribution in [0.15, 0.2) is 48.7 Å². The number of H-pyrrole nitrogens is 1. The Bertz CT molecular complexity index is 1460. The van der Waals surface area contributed by atoms with Gasteiger partial charge in [0.1, 0.15) is 5.75 Å². The van der Waals surface area contributed by atoms with Gasteiger partial charge in [0.05, 0.1) is 0 Å². The van der Waals surface area contributed by atoms with Crippen LogP contribution in [0.25, 0.3) is 10.9 Å². The largest absolute Gasteiger partial charge is 0.484 e. The standard InChI is InChI=1S/C24H31N5O6S2/c1-36(31,32)17-37(33,34)27-19-2-4-20(5-3-19)28-10-12-29(13-11-28)24(30)16-35-21-6-7-23-22(14-21)18(8-9-25)15-26-23/h2-7,14-15,26-27H,8-13,16-17,25H2,1H3. The van der Waals surface area contributed by atoms with E-state index in [0.717, 1.165) is 34.8 Å². The van der Waals surface area contributed by atoms with Crippen molar-refractivity contribution in [3.8, 4) is 5.75 Å². The van der Waals surface area contributed by atoms with Gasteiger partial charge in [-0.1, -0.05) is 0 Å². The molecular weight excluding hydrogens is 518 g/mol. The van der Waals surface area contributed by atoms with Crippen molar-refractivity contribution in [2.24, 2.45) is 5.73 Å². The normalized spacial score (nSPS) is 14.6. The number of hydrogen-bond donors (Lipinski definition) is 3. The lowest BCUT2D eigenvalue weighted by molar-refractivity contribution is -0.133. The molecule has 200 valence electrons.